The molecule has 0 saturated carbocycles. The molecule has 5 nitrogen and oxygen atoms in total. The maximum absolute atomic E-state index is 13.3. The summed E-state index contributed by atoms with van der Waals surface area (Å²) < 4.78 is 18.6. The van der Waals surface area contributed by atoms with Gasteiger partial charge >= 0.3 is 0 Å². The minimum absolute atomic E-state index is 0.107. The number of para-hydroxylation sites is 1. The fraction of sp³-hybridized carbons (Fsp3) is 0.222. The molecular weight excluding hydrogens is 311 g/mol. The van der Waals surface area contributed by atoms with Crippen LogP contribution in [0.25, 0.3) is 0 Å². The highest BCUT2D eigenvalue weighted by molar-refractivity contribution is 5.91. The van der Waals surface area contributed by atoms with Gasteiger partial charge in [-0.05, 0) is 30.3 Å². The average molecular weight is 330 g/mol. The highest BCUT2D eigenvalue weighted by atomic mass is 19.1. The summed E-state index contributed by atoms with van der Waals surface area (Å²) in [5, 5.41) is 2.67. The molecule has 0 unspecified atom stereocenters. The normalized spacial score (nSPS) is 10.1. The quantitative estimate of drug-likeness (QED) is 0.848. The van der Waals surface area contributed by atoms with Crippen LogP contribution in [0.2, 0.25) is 0 Å². The summed E-state index contributed by atoms with van der Waals surface area (Å²) in [4.78, 5) is 24.9. The van der Waals surface area contributed by atoms with E-state index in [-0.39, 0.29) is 31.5 Å². The maximum atomic E-state index is 13.3. The van der Waals surface area contributed by atoms with Crippen molar-refractivity contribution in [3.63, 3.8) is 0 Å². The van der Waals surface area contributed by atoms with Gasteiger partial charge in [-0.25, -0.2) is 4.39 Å². The first-order valence-electron chi connectivity index (χ1n) is 7.54. The number of anilines is 1. The van der Waals surface area contributed by atoms with Crippen molar-refractivity contribution in [3.05, 3.63) is 60.4 Å². The minimum atomic E-state index is -0.418. The standard InChI is InChI=1S/C18H19FN2O3/c1-14(22)21(16-7-5-6-15(19)12-16)11-10-20-18(23)13-24-17-8-3-2-4-9-17/h2-9,12H,10-11,13H2,1H3,(H,20,23). The van der Waals surface area contributed by atoms with Crippen molar-refractivity contribution in [2.75, 3.05) is 24.6 Å². The molecule has 2 rings (SSSR count). The molecule has 2 aromatic carbocycles. The molecule has 6 heteroatoms. The third-order valence-corrected chi connectivity index (χ3v) is 3.27. The van der Waals surface area contributed by atoms with Crippen molar-refractivity contribution in [3.8, 4) is 5.75 Å². The molecule has 126 valence electrons. The molecule has 0 aromatic heterocycles. The number of ether oxygens (including phenoxy) is 1. The number of hydrogen-bond donors (Lipinski definition) is 1. The number of nitrogens with zero attached hydrogens (tertiary/aromatic N) is 1. The fourth-order valence-corrected chi connectivity index (χ4v) is 2.14. The third-order valence-electron chi connectivity index (χ3n) is 3.27. The molecule has 0 saturated heterocycles. The first-order valence-corrected chi connectivity index (χ1v) is 7.54. The van der Waals surface area contributed by atoms with Crippen LogP contribution < -0.4 is 15.0 Å². The lowest BCUT2D eigenvalue weighted by molar-refractivity contribution is -0.123. The lowest BCUT2D eigenvalue weighted by Gasteiger charge is -2.21. The van der Waals surface area contributed by atoms with Crippen LogP contribution in [0.15, 0.2) is 54.6 Å². The van der Waals surface area contributed by atoms with Crippen LogP contribution in [-0.2, 0) is 9.59 Å². The summed E-state index contributed by atoms with van der Waals surface area (Å²) in [5.74, 6) is -0.325. The number of carbonyl (C=O) groups excluding carboxylic acids is 2. The van der Waals surface area contributed by atoms with E-state index in [1.807, 2.05) is 18.2 Å². The number of hydrogen-bond acceptors (Lipinski definition) is 3. The smallest absolute Gasteiger partial charge is 0.258 e. The molecule has 0 radical (unpaired) electrons. The van der Waals surface area contributed by atoms with E-state index in [0.717, 1.165) is 0 Å². The van der Waals surface area contributed by atoms with Crippen LogP contribution in [0.1, 0.15) is 6.92 Å². The van der Waals surface area contributed by atoms with Crippen LogP contribution in [0, 0.1) is 5.82 Å². The van der Waals surface area contributed by atoms with Crippen molar-refractivity contribution in [1.82, 2.24) is 5.32 Å². The highest BCUT2D eigenvalue weighted by Gasteiger charge is 2.12. The van der Waals surface area contributed by atoms with Gasteiger partial charge in [0.05, 0.1) is 0 Å². The van der Waals surface area contributed by atoms with Crippen molar-refractivity contribution in [2.24, 2.45) is 0 Å². The molecule has 0 aliphatic rings. The molecule has 0 aliphatic carbocycles. The van der Waals surface area contributed by atoms with Gasteiger partial charge < -0.3 is 15.0 Å². The zero-order valence-electron chi connectivity index (χ0n) is 13.4. The summed E-state index contributed by atoms with van der Waals surface area (Å²) in [6.07, 6.45) is 0. The molecule has 0 fully saturated rings. The van der Waals surface area contributed by atoms with E-state index < -0.39 is 5.82 Å². The molecule has 2 aromatic rings. The van der Waals surface area contributed by atoms with E-state index in [2.05, 4.69) is 5.32 Å². The minimum Gasteiger partial charge on any atom is -0.484 e. The number of amides is 2. The second kappa shape index (κ2) is 8.67. The van der Waals surface area contributed by atoms with E-state index in [0.29, 0.717) is 11.4 Å². The zero-order valence-corrected chi connectivity index (χ0v) is 13.4. The summed E-state index contributed by atoms with van der Waals surface area (Å²) in [5.41, 5.74) is 0.456. The average Bonchev–Trinajstić information content (AvgIpc) is 2.57. The Balaban J connectivity index is 1.80. The molecule has 0 atom stereocenters. The predicted molar refractivity (Wildman–Crippen MR) is 89.4 cm³/mol. The highest BCUT2D eigenvalue weighted by Crippen LogP contribution is 2.15. The van der Waals surface area contributed by atoms with Gasteiger partial charge in [0.25, 0.3) is 5.91 Å². The van der Waals surface area contributed by atoms with E-state index in [1.54, 1.807) is 18.2 Å². The largest absolute Gasteiger partial charge is 0.484 e. The van der Waals surface area contributed by atoms with E-state index in [1.165, 1.54) is 30.0 Å². The monoisotopic (exact) mass is 330 g/mol. The van der Waals surface area contributed by atoms with Gasteiger partial charge in [-0.3, -0.25) is 9.59 Å². The third kappa shape index (κ3) is 5.39. The Labute approximate surface area is 140 Å². The van der Waals surface area contributed by atoms with Gasteiger partial charge in [-0.15, -0.1) is 0 Å². The van der Waals surface area contributed by atoms with Gasteiger partial charge in [0.1, 0.15) is 11.6 Å². The number of carbonyl (C=O) groups is 2. The predicted octanol–water partition coefficient (Wildman–Crippen LogP) is 2.37. The number of halogens is 1. The molecular formula is C18H19FN2O3. The van der Waals surface area contributed by atoms with Crippen LogP contribution in [0.4, 0.5) is 10.1 Å². The summed E-state index contributed by atoms with van der Waals surface area (Å²) in [7, 11) is 0. The van der Waals surface area contributed by atoms with Gasteiger partial charge in [0.15, 0.2) is 6.61 Å². The van der Waals surface area contributed by atoms with Gasteiger partial charge in [0.2, 0.25) is 5.91 Å². The SMILES string of the molecule is CC(=O)N(CCNC(=O)COc1ccccc1)c1cccc(F)c1. The van der Waals surface area contributed by atoms with Crippen LogP contribution in [-0.4, -0.2) is 31.5 Å². The summed E-state index contributed by atoms with van der Waals surface area (Å²) in [6.45, 7) is 1.78. The Bertz CT molecular complexity index is 692. The van der Waals surface area contributed by atoms with Gasteiger partial charge in [-0.2, -0.15) is 0 Å². The second-order valence-electron chi connectivity index (χ2n) is 5.10. The summed E-state index contributed by atoms with van der Waals surface area (Å²) >= 11 is 0. The van der Waals surface area contributed by atoms with Crippen molar-refractivity contribution >= 4 is 17.5 Å². The van der Waals surface area contributed by atoms with Crippen LogP contribution >= 0.6 is 0 Å². The first kappa shape index (κ1) is 17.5. The van der Waals surface area contributed by atoms with Crippen molar-refractivity contribution in [1.29, 1.82) is 0 Å². The fourth-order valence-electron chi connectivity index (χ4n) is 2.14. The first-order chi connectivity index (χ1) is 11.6. The molecule has 24 heavy (non-hydrogen) atoms. The number of rotatable bonds is 7. The molecule has 0 spiro atoms. The van der Waals surface area contributed by atoms with Crippen molar-refractivity contribution < 1.29 is 18.7 Å². The van der Waals surface area contributed by atoms with Gasteiger partial charge in [0, 0.05) is 25.7 Å². The Morgan fingerprint density at radius 2 is 1.88 bits per heavy atom. The lowest BCUT2D eigenvalue weighted by atomic mass is 10.2. The second-order valence-corrected chi connectivity index (χ2v) is 5.10. The Hall–Kier alpha value is -2.89. The van der Waals surface area contributed by atoms with E-state index >= 15 is 0 Å². The number of benzene rings is 2. The van der Waals surface area contributed by atoms with Crippen LogP contribution in [0.5, 0.6) is 5.75 Å². The van der Waals surface area contributed by atoms with E-state index in [4.69, 9.17) is 4.74 Å². The molecule has 0 aliphatic heterocycles. The Kier molecular flexibility index (Phi) is 6.31. The molecule has 0 heterocycles. The molecule has 0 bridgehead atoms. The lowest BCUT2D eigenvalue weighted by Crippen LogP contribution is -2.39. The molecule has 2 amide bonds. The van der Waals surface area contributed by atoms with Crippen LogP contribution in [0.3, 0.4) is 0 Å². The number of nitrogens with one attached hydrogen (secondary N) is 1. The molecule has 1 N–H and O–H groups in total. The maximum Gasteiger partial charge on any atom is 0.258 e. The Morgan fingerprint density at radius 1 is 1.12 bits per heavy atom. The zero-order chi connectivity index (χ0) is 17.4. The topological polar surface area (TPSA) is 58.6 Å². The van der Waals surface area contributed by atoms with E-state index in [9.17, 15) is 14.0 Å². The van der Waals surface area contributed by atoms with Crippen molar-refractivity contribution in [2.45, 2.75) is 6.92 Å². The summed E-state index contributed by atoms with van der Waals surface area (Å²) in [6, 6.07) is 14.8. The van der Waals surface area contributed by atoms with Gasteiger partial charge in [-0.1, -0.05) is 24.3 Å². The Morgan fingerprint density at radius 3 is 2.54 bits per heavy atom.